The SMILES string of the molecule is CC(=O)NC1CCCCC1c1cc(Nc2n[nH]c3ccccc23)nc(-c2ccccc2C(F)(F)F)n1.CS(=O)(=O)NC1CCCCC1c1cc(Nc2n[nH]c3ccccc23)nc(-c2ccccc2C(F)(F)F)n1.NC1CCCCC1c1cc(Nc2n[nH]c3ccccc23)nc(-c2ccccc2C(F)(F)F)n1.O=C(NCCc1cc(Nc2n[nH]c3ccccc23)nc(-c2ccccc2C(F)(F)F)n1)OCc1ccccc1. The number of anilines is 8. The molecule has 145 heavy (non-hydrogen) atoms. The standard InChI is InChI=1S/C28H23F3N6O2.C26H25F3N6O.C25H25F3N6O2S.C24H23F3N6/c29-28(30,31)22-12-6-4-10-20(22)25-33-19(14-15-32-27(38)39-17-18-8-2-1-3-9-18)16-24(34-25)35-26-21-11-5-7-13-23(21)36-37-26;1-15(36)30-20-12-6-3-9-17(20)22-14-23(33-25-18-10-4-7-13-21(18)34-35-25)32-24(31-22)16-8-2-5-11-19(16)26(27,28)29;1-37(35,36)34-20-13-7-3-9-16(20)21-14-22(31-24-17-10-4-6-12-19(17)32-33-24)30-23(29-21)15-8-2-5-11-18(15)25(26,27)28;25-24(26,27)17-10-4-1-7-14(17)22-29-20(15-8-2-5-11-18(15)28)13-21(30-22)31-23-16-9-3-6-12-19(16)32-33-23/h1-13,16H,14-15,17H2,(H,32,38)(H2,33,34,35,36,37);2,4-5,7-8,10-11,13-14,17,20H,3,6,9,12H2,1H3,(H,30,36)(H2,31,32,33,34,35);2,4-6,8,10-12,14,16,20,34H,3,7,9,13H2,1H3,(H2,29,30,31,32,33);1,3-4,6-7,9-10,12-13,15,18H,2,5,8,11,28H2,(H2,29,30,31,32,33). The van der Waals surface area contributed by atoms with E-state index in [2.05, 4.69) is 117 Å². The number of amides is 2. The van der Waals surface area contributed by atoms with Gasteiger partial charge in [0.15, 0.2) is 46.6 Å². The zero-order valence-electron chi connectivity index (χ0n) is 77.7. The van der Waals surface area contributed by atoms with Gasteiger partial charge >= 0.3 is 30.8 Å². The van der Waals surface area contributed by atoms with E-state index in [-0.39, 0.29) is 113 Å². The third-order valence-electron chi connectivity index (χ3n) is 24.9. The predicted octanol–water partition coefficient (Wildman–Crippen LogP) is 23.3. The van der Waals surface area contributed by atoms with Gasteiger partial charge in [0.05, 0.1) is 67.7 Å². The molecule has 6 atom stereocenters. The number of H-pyrrole nitrogens is 4. The van der Waals surface area contributed by atoms with Crippen LogP contribution in [0.4, 0.5) is 104 Å². The number of fused-ring (bicyclic) bond motifs is 4. The Kier molecular flexibility index (Phi) is 30.5. The summed E-state index contributed by atoms with van der Waals surface area (Å²) in [6.45, 7) is 1.73. The molecule has 2 amide bonds. The Bertz CT molecular complexity index is 7570. The van der Waals surface area contributed by atoms with Gasteiger partial charge in [0, 0.05) is 130 Å². The van der Waals surface area contributed by atoms with E-state index in [0.29, 0.717) is 70.5 Å². The molecule has 6 unspecified atom stereocenters. The first kappa shape index (κ1) is 101. The quantitative estimate of drug-likeness (QED) is 0.0265. The molecule has 29 nitrogen and oxygen atoms in total. The Balaban J connectivity index is 0.000000133. The van der Waals surface area contributed by atoms with Crippen LogP contribution in [0, 0.1) is 0 Å². The van der Waals surface area contributed by atoms with Crippen LogP contribution in [0.1, 0.15) is 152 Å². The van der Waals surface area contributed by atoms with Gasteiger partial charge in [-0.15, -0.1) is 0 Å². The fourth-order valence-corrected chi connectivity index (χ4v) is 19.0. The van der Waals surface area contributed by atoms with Crippen LogP contribution >= 0.6 is 0 Å². The summed E-state index contributed by atoms with van der Waals surface area (Å²) in [5, 5.41) is 50.3. The molecule has 8 aromatic heterocycles. The highest BCUT2D eigenvalue weighted by Gasteiger charge is 2.41. The fourth-order valence-electron chi connectivity index (χ4n) is 18.2. The van der Waals surface area contributed by atoms with Gasteiger partial charge < -0.3 is 42.4 Å². The maximum absolute atomic E-state index is 13.9. The minimum absolute atomic E-state index is 0.0144. The number of ether oxygens (including phenoxy) is 1. The van der Waals surface area contributed by atoms with Crippen molar-refractivity contribution in [2.75, 3.05) is 34.1 Å². The number of benzene rings is 9. The number of hydrogen-bond acceptors (Lipinski definition) is 22. The minimum atomic E-state index is -4.60. The molecule has 3 saturated carbocycles. The lowest BCUT2D eigenvalue weighted by Crippen LogP contribution is -2.40. The summed E-state index contributed by atoms with van der Waals surface area (Å²) in [6.07, 6.45) is -7.50. The van der Waals surface area contributed by atoms with Crippen molar-refractivity contribution < 1.29 is 75.4 Å². The molecule has 42 heteroatoms. The summed E-state index contributed by atoms with van der Waals surface area (Å²) >= 11 is 0. The molecule has 0 spiro atoms. The monoisotopic (exact) mass is 2010 g/mol. The number of aromatic amines is 4. The van der Waals surface area contributed by atoms with Gasteiger partial charge in [-0.2, -0.15) is 73.1 Å². The van der Waals surface area contributed by atoms with Gasteiger partial charge in [0.25, 0.3) is 0 Å². The minimum Gasteiger partial charge on any atom is -0.445 e. The molecule has 20 rings (SSSR count). The van der Waals surface area contributed by atoms with Crippen LogP contribution in [0.3, 0.4) is 0 Å². The highest BCUT2D eigenvalue weighted by atomic mass is 32.2. The Morgan fingerprint density at radius 1 is 0.379 bits per heavy atom. The van der Waals surface area contributed by atoms with Crippen LogP contribution in [0.5, 0.6) is 0 Å². The number of nitrogens with one attached hydrogen (secondary N) is 11. The molecule has 3 aliphatic rings. The third kappa shape index (κ3) is 25.1. The molecule has 0 bridgehead atoms. The number of sulfonamides is 1. The number of hydrogen-bond donors (Lipinski definition) is 12. The zero-order valence-corrected chi connectivity index (χ0v) is 78.5. The topological polar surface area (TPSA) is 406 Å². The van der Waals surface area contributed by atoms with Crippen LogP contribution < -0.4 is 42.4 Å². The second kappa shape index (κ2) is 43.9. The van der Waals surface area contributed by atoms with Crippen molar-refractivity contribution in [1.29, 1.82) is 0 Å². The van der Waals surface area contributed by atoms with Crippen molar-refractivity contribution in [3.8, 4) is 45.6 Å². The number of alkyl carbamates (subject to hydrolysis) is 1. The Hall–Kier alpha value is -15.9. The summed E-state index contributed by atoms with van der Waals surface area (Å²) in [5.74, 6) is 2.30. The van der Waals surface area contributed by atoms with Crippen molar-refractivity contribution in [2.24, 2.45) is 5.73 Å². The first-order valence-corrected chi connectivity index (χ1v) is 48.5. The van der Waals surface area contributed by atoms with Gasteiger partial charge in [-0.05, 0) is 117 Å². The number of carbonyl (C=O) groups is 2. The van der Waals surface area contributed by atoms with Gasteiger partial charge in [-0.25, -0.2) is 57.8 Å². The van der Waals surface area contributed by atoms with Crippen molar-refractivity contribution in [3.63, 3.8) is 0 Å². The molecule has 748 valence electrons. The van der Waals surface area contributed by atoms with Crippen LogP contribution in [0.2, 0.25) is 0 Å². The lowest BCUT2D eigenvalue weighted by atomic mass is 9.82. The molecule has 0 aliphatic heterocycles. The zero-order chi connectivity index (χ0) is 102. The lowest BCUT2D eigenvalue weighted by Gasteiger charge is -2.32. The number of carbonyl (C=O) groups excluding carboxylic acids is 2. The van der Waals surface area contributed by atoms with Crippen LogP contribution in [-0.2, 0) is 57.3 Å². The van der Waals surface area contributed by atoms with E-state index in [0.717, 1.165) is 144 Å². The van der Waals surface area contributed by atoms with Gasteiger partial charge in [0.2, 0.25) is 15.9 Å². The molecule has 9 aromatic carbocycles. The maximum Gasteiger partial charge on any atom is 0.417 e. The highest BCUT2D eigenvalue weighted by Crippen LogP contribution is 2.46. The predicted molar refractivity (Wildman–Crippen MR) is 527 cm³/mol. The molecule has 13 N–H and O–H groups in total. The second-order valence-corrected chi connectivity index (χ2v) is 36.9. The number of rotatable bonds is 23. The van der Waals surface area contributed by atoms with Gasteiger partial charge in [0.1, 0.15) is 29.9 Å². The number of nitrogens with two attached hydrogens (primary N) is 1. The number of halogens is 12. The van der Waals surface area contributed by atoms with Crippen molar-refractivity contribution in [3.05, 3.63) is 299 Å². The largest absolute Gasteiger partial charge is 0.445 e. The summed E-state index contributed by atoms with van der Waals surface area (Å²) in [7, 11) is -3.50. The van der Waals surface area contributed by atoms with E-state index < -0.39 is 69.1 Å². The Labute approximate surface area is 821 Å². The van der Waals surface area contributed by atoms with E-state index in [1.165, 1.54) is 73.7 Å². The smallest absolute Gasteiger partial charge is 0.417 e. The molecule has 17 aromatic rings. The van der Waals surface area contributed by atoms with E-state index >= 15 is 0 Å². The summed E-state index contributed by atoms with van der Waals surface area (Å²) in [6, 6.07) is 66.2. The van der Waals surface area contributed by atoms with Gasteiger partial charge in [-0.1, -0.05) is 190 Å². The lowest BCUT2D eigenvalue weighted by molar-refractivity contribution is -0.137. The van der Waals surface area contributed by atoms with Crippen molar-refractivity contribution >= 4 is 112 Å². The molecule has 3 fully saturated rings. The van der Waals surface area contributed by atoms with Crippen molar-refractivity contribution in [2.45, 2.75) is 158 Å². The third-order valence-corrected chi connectivity index (χ3v) is 25.6. The molecule has 3 aliphatic carbocycles. The first-order chi connectivity index (χ1) is 69.6. The van der Waals surface area contributed by atoms with Gasteiger partial charge in [-0.3, -0.25) is 25.2 Å². The molecule has 8 heterocycles. The summed E-state index contributed by atoms with van der Waals surface area (Å²) < 4.78 is 197. The average Bonchev–Trinajstić information content (AvgIpc) is 1.68. The Morgan fingerprint density at radius 3 is 1.06 bits per heavy atom. The Morgan fingerprint density at radius 2 is 0.690 bits per heavy atom. The van der Waals surface area contributed by atoms with Crippen LogP contribution in [0.25, 0.3) is 89.2 Å². The second-order valence-electron chi connectivity index (χ2n) is 35.1. The molecular formula is C103H96F12N24O5S. The summed E-state index contributed by atoms with van der Waals surface area (Å²) in [5.41, 5.74) is 8.81. The number of nitrogens with zero attached hydrogens (tertiary/aromatic N) is 12. The van der Waals surface area contributed by atoms with E-state index in [1.807, 2.05) is 127 Å². The van der Waals surface area contributed by atoms with Crippen LogP contribution in [0.15, 0.2) is 249 Å². The fraction of sp³-hybridized carbons (Fsp3) is 0.262. The first-order valence-electron chi connectivity index (χ1n) is 46.6. The molecular weight excluding hydrogens is 1910 g/mol. The van der Waals surface area contributed by atoms with E-state index in [1.54, 1.807) is 30.3 Å². The number of para-hydroxylation sites is 4. The molecule has 0 saturated heterocycles. The van der Waals surface area contributed by atoms with E-state index in [9.17, 15) is 70.7 Å². The van der Waals surface area contributed by atoms with E-state index in [4.69, 9.17) is 10.5 Å². The normalized spacial score (nSPS) is 16.7. The highest BCUT2D eigenvalue weighted by molar-refractivity contribution is 7.88. The summed E-state index contributed by atoms with van der Waals surface area (Å²) in [4.78, 5) is 59.9. The average molecular weight is 2010 g/mol. The maximum atomic E-state index is 13.9. The number of aromatic nitrogens is 16. The van der Waals surface area contributed by atoms with Crippen LogP contribution in [-0.4, -0.2) is 132 Å². The number of alkyl halides is 12. The van der Waals surface area contributed by atoms with Crippen molar-refractivity contribution in [1.82, 2.24) is 96.0 Å². The molecule has 0 radical (unpaired) electrons.